The number of rotatable bonds is 6. The molecule has 0 spiro atoms. The van der Waals surface area contributed by atoms with Crippen LogP contribution in [0.1, 0.15) is 30.9 Å². The van der Waals surface area contributed by atoms with E-state index in [2.05, 4.69) is 31.8 Å². The highest BCUT2D eigenvalue weighted by Crippen LogP contribution is 2.15. The molecule has 0 saturated carbocycles. The standard InChI is InChI=1S/C13H22N6/c1-5-11(12-14-6-7-15-12)16-8-10-9-17-13(18(2)3)19(10)4/h6-7,9,11,16H,5,8H2,1-4H3,(H,14,15). The zero-order valence-corrected chi connectivity index (χ0v) is 12.0. The van der Waals surface area contributed by atoms with Crippen LogP contribution in [0.5, 0.6) is 0 Å². The number of aromatic nitrogens is 4. The quantitative estimate of drug-likeness (QED) is 0.827. The fourth-order valence-electron chi connectivity index (χ4n) is 2.14. The van der Waals surface area contributed by atoms with Gasteiger partial charge < -0.3 is 19.8 Å². The molecule has 2 aromatic rings. The van der Waals surface area contributed by atoms with E-state index in [0.717, 1.165) is 30.4 Å². The first-order valence-corrected chi connectivity index (χ1v) is 6.54. The van der Waals surface area contributed by atoms with E-state index in [1.807, 2.05) is 38.4 Å². The van der Waals surface area contributed by atoms with Gasteiger partial charge in [0.05, 0.1) is 17.9 Å². The maximum Gasteiger partial charge on any atom is 0.204 e. The van der Waals surface area contributed by atoms with E-state index in [9.17, 15) is 0 Å². The van der Waals surface area contributed by atoms with Gasteiger partial charge in [-0.15, -0.1) is 0 Å². The highest BCUT2D eigenvalue weighted by Gasteiger charge is 2.13. The topological polar surface area (TPSA) is 61.8 Å². The first-order chi connectivity index (χ1) is 9.13. The number of aromatic amines is 1. The second-order valence-corrected chi connectivity index (χ2v) is 4.82. The van der Waals surface area contributed by atoms with Crippen LogP contribution in [0.2, 0.25) is 0 Å². The van der Waals surface area contributed by atoms with Crippen molar-refractivity contribution >= 4 is 5.95 Å². The average molecular weight is 262 g/mol. The van der Waals surface area contributed by atoms with Gasteiger partial charge in [-0.3, -0.25) is 0 Å². The second kappa shape index (κ2) is 5.88. The van der Waals surface area contributed by atoms with Gasteiger partial charge in [0.15, 0.2) is 0 Å². The van der Waals surface area contributed by atoms with Crippen LogP contribution in [0.3, 0.4) is 0 Å². The molecule has 2 heterocycles. The number of anilines is 1. The minimum atomic E-state index is 0.243. The van der Waals surface area contributed by atoms with Crippen molar-refractivity contribution in [1.29, 1.82) is 0 Å². The van der Waals surface area contributed by atoms with Crippen LogP contribution < -0.4 is 10.2 Å². The van der Waals surface area contributed by atoms with E-state index in [1.54, 1.807) is 6.20 Å². The lowest BCUT2D eigenvalue weighted by atomic mass is 10.2. The highest BCUT2D eigenvalue weighted by atomic mass is 15.3. The lowest BCUT2D eigenvalue weighted by Crippen LogP contribution is -2.23. The molecule has 1 unspecified atom stereocenters. The number of hydrogen-bond acceptors (Lipinski definition) is 4. The Labute approximate surface area is 113 Å². The number of nitrogens with zero attached hydrogens (tertiary/aromatic N) is 4. The summed E-state index contributed by atoms with van der Waals surface area (Å²) in [6.45, 7) is 2.92. The third kappa shape index (κ3) is 2.96. The number of nitrogens with one attached hydrogen (secondary N) is 2. The number of hydrogen-bond donors (Lipinski definition) is 2. The Hall–Kier alpha value is -1.82. The van der Waals surface area contributed by atoms with E-state index < -0.39 is 0 Å². The molecule has 0 saturated heterocycles. The molecule has 0 aliphatic carbocycles. The summed E-state index contributed by atoms with van der Waals surface area (Å²) in [4.78, 5) is 13.9. The molecule has 2 rings (SSSR count). The van der Waals surface area contributed by atoms with E-state index in [1.165, 1.54) is 0 Å². The molecule has 6 nitrogen and oxygen atoms in total. The second-order valence-electron chi connectivity index (χ2n) is 4.82. The predicted molar refractivity (Wildman–Crippen MR) is 76.0 cm³/mol. The lowest BCUT2D eigenvalue weighted by Gasteiger charge is -2.16. The lowest BCUT2D eigenvalue weighted by molar-refractivity contribution is 0.489. The van der Waals surface area contributed by atoms with E-state index in [-0.39, 0.29) is 6.04 Å². The van der Waals surface area contributed by atoms with Gasteiger partial charge in [-0.25, -0.2) is 9.97 Å². The van der Waals surface area contributed by atoms with Crippen LogP contribution in [0.4, 0.5) is 5.95 Å². The van der Waals surface area contributed by atoms with Gasteiger partial charge in [-0.05, 0) is 6.42 Å². The van der Waals surface area contributed by atoms with Crippen molar-refractivity contribution in [2.75, 3.05) is 19.0 Å². The minimum Gasteiger partial charge on any atom is -0.348 e. The van der Waals surface area contributed by atoms with E-state index in [4.69, 9.17) is 0 Å². The maximum absolute atomic E-state index is 4.41. The minimum absolute atomic E-state index is 0.243. The Bertz CT molecular complexity index is 499. The molecular weight excluding hydrogens is 240 g/mol. The zero-order valence-electron chi connectivity index (χ0n) is 12.0. The van der Waals surface area contributed by atoms with Crippen molar-refractivity contribution in [3.8, 4) is 0 Å². The third-order valence-corrected chi connectivity index (χ3v) is 3.25. The fourth-order valence-corrected chi connectivity index (χ4v) is 2.14. The third-order valence-electron chi connectivity index (χ3n) is 3.25. The maximum atomic E-state index is 4.41. The molecule has 1 atom stereocenters. The molecular formula is C13H22N6. The molecule has 0 aromatic carbocycles. The largest absolute Gasteiger partial charge is 0.348 e. The SMILES string of the molecule is CCC(NCc1cnc(N(C)C)n1C)c1ncc[nH]1. The summed E-state index contributed by atoms with van der Waals surface area (Å²) in [5.74, 6) is 1.94. The Morgan fingerprint density at radius 2 is 2.21 bits per heavy atom. The molecule has 104 valence electrons. The normalized spacial score (nSPS) is 12.6. The van der Waals surface area contributed by atoms with Crippen LogP contribution in [0.15, 0.2) is 18.6 Å². The van der Waals surface area contributed by atoms with E-state index >= 15 is 0 Å². The molecule has 0 amide bonds. The van der Waals surface area contributed by atoms with Crippen LogP contribution >= 0.6 is 0 Å². The smallest absolute Gasteiger partial charge is 0.204 e. The fraction of sp³-hybridized carbons (Fsp3) is 0.538. The van der Waals surface area contributed by atoms with Crippen LogP contribution in [-0.4, -0.2) is 33.6 Å². The molecule has 2 N–H and O–H groups in total. The first kappa shape index (κ1) is 13.6. The van der Waals surface area contributed by atoms with Crippen LogP contribution in [-0.2, 0) is 13.6 Å². The van der Waals surface area contributed by atoms with Crippen molar-refractivity contribution in [2.24, 2.45) is 7.05 Å². The molecule has 2 aromatic heterocycles. The molecule has 0 fully saturated rings. The van der Waals surface area contributed by atoms with Gasteiger partial charge in [0, 0.05) is 40.1 Å². The van der Waals surface area contributed by atoms with Crippen LogP contribution in [0.25, 0.3) is 0 Å². The van der Waals surface area contributed by atoms with Crippen molar-refractivity contribution in [1.82, 2.24) is 24.8 Å². The van der Waals surface area contributed by atoms with Gasteiger partial charge in [0.1, 0.15) is 5.82 Å². The van der Waals surface area contributed by atoms with Gasteiger partial charge in [0.25, 0.3) is 0 Å². The molecule has 0 aliphatic heterocycles. The zero-order chi connectivity index (χ0) is 13.8. The summed E-state index contributed by atoms with van der Waals surface area (Å²) >= 11 is 0. The van der Waals surface area contributed by atoms with Gasteiger partial charge in [0.2, 0.25) is 5.95 Å². The van der Waals surface area contributed by atoms with Gasteiger partial charge in [-0.2, -0.15) is 0 Å². The van der Waals surface area contributed by atoms with Crippen molar-refractivity contribution in [2.45, 2.75) is 25.9 Å². The van der Waals surface area contributed by atoms with Crippen molar-refractivity contribution in [3.63, 3.8) is 0 Å². The number of imidazole rings is 2. The van der Waals surface area contributed by atoms with Gasteiger partial charge in [-0.1, -0.05) is 6.92 Å². The van der Waals surface area contributed by atoms with Crippen molar-refractivity contribution in [3.05, 3.63) is 30.1 Å². The number of H-pyrrole nitrogens is 1. The summed E-state index contributed by atoms with van der Waals surface area (Å²) < 4.78 is 2.10. The van der Waals surface area contributed by atoms with E-state index in [0.29, 0.717) is 0 Å². The average Bonchev–Trinajstić information content (AvgIpc) is 3.01. The summed E-state index contributed by atoms with van der Waals surface area (Å²) in [7, 11) is 6.03. The molecule has 0 bridgehead atoms. The van der Waals surface area contributed by atoms with Crippen molar-refractivity contribution < 1.29 is 0 Å². The monoisotopic (exact) mass is 262 g/mol. The molecule has 19 heavy (non-hydrogen) atoms. The molecule has 0 radical (unpaired) electrons. The summed E-state index contributed by atoms with van der Waals surface area (Å²) in [6, 6.07) is 0.243. The Kier molecular flexibility index (Phi) is 4.21. The Morgan fingerprint density at radius 1 is 1.42 bits per heavy atom. The van der Waals surface area contributed by atoms with Gasteiger partial charge >= 0.3 is 0 Å². The first-order valence-electron chi connectivity index (χ1n) is 6.54. The Balaban J connectivity index is 2.02. The summed E-state index contributed by atoms with van der Waals surface area (Å²) in [5, 5.41) is 3.51. The summed E-state index contributed by atoms with van der Waals surface area (Å²) in [6.07, 6.45) is 6.55. The predicted octanol–water partition coefficient (Wildman–Crippen LogP) is 1.45. The highest BCUT2D eigenvalue weighted by molar-refractivity contribution is 5.30. The molecule has 0 aliphatic rings. The molecule has 6 heteroatoms. The van der Waals surface area contributed by atoms with Crippen LogP contribution in [0, 0.1) is 0 Å². The Morgan fingerprint density at radius 3 is 2.74 bits per heavy atom. The summed E-state index contributed by atoms with van der Waals surface area (Å²) in [5.41, 5.74) is 1.16.